The average Bonchev–Trinajstić information content (AvgIpc) is 2.74. The van der Waals surface area contributed by atoms with Crippen molar-refractivity contribution in [2.45, 2.75) is 19.3 Å². The number of hydrogen-bond donors (Lipinski definition) is 1. The van der Waals surface area contributed by atoms with Gasteiger partial charge in [-0.25, -0.2) is 4.39 Å². The first-order chi connectivity index (χ1) is 14.5. The number of hydrogen-bond acceptors (Lipinski definition) is 4. The number of nitrogens with zero attached hydrogens (tertiary/aromatic N) is 1. The van der Waals surface area contributed by atoms with E-state index in [1.165, 1.54) is 42.0 Å². The van der Waals surface area contributed by atoms with Crippen molar-refractivity contribution in [3.63, 3.8) is 0 Å². The molecule has 3 aromatic rings. The largest absolute Gasteiger partial charge is 0.497 e. The summed E-state index contributed by atoms with van der Waals surface area (Å²) in [7, 11) is 1.51. The highest BCUT2D eigenvalue weighted by Crippen LogP contribution is 2.24. The summed E-state index contributed by atoms with van der Waals surface area (Å²) in [6, 6.07) is 13.5. The third-order valence-electron chi connectivity index (χ3n) is 5.08. The lowest BCUT2D eigenvalue weighted by Gasteiger charge is -2.21. The summed E-state index contributed by atoms with van der Waals surface area (Å²) in [4.78, 5) is 38.7. The molecular weight excluding hydrogens is 387 g/mol. The Hall–Kier alpha value is -3.74. The maximum absolute atomic E-state index is 13.4. The Morgan fingerprint density at radius 2 is 1.83 bits per heavy atom. The molecule has 0 fully saturated rings. The minimum atomic E-state index is -0.634. The van der Waals surface area contributed by atoms with Gasteiger partial charge in [-0.1, -0.05) is 6.07 Å². The second-order valence-corrected chi connectivity index (χ2v) is 7.00. The average molecular weight is 406 g/mol. The second-order valence-electron chi connectivity index (χ2n) is 7.00. The third kappa shape index (κ3) is 3.61. The van der Waals surface area contributed by atoms with Gasteiger partial charge in [0.2, 0.25) is 0 Å². The normalized spacial score (nSPS) is 12.9. The molecule has 152 valence electrons. The van der Waals surface area contributed by atoms with E-state index in [-0.39, 0.29) is 11.3 Å². The Bertz CT molecular complexity index is 1200. The van der Waals surface area contributed by atoms with E-state index in [4.69, 9.17) is 4.74 Å². The molecule has 0 saturated carbocycles. The number of methoxy groups -OCH3 is 1. The molecule has 6 nitrogen and oxygen atoms in total. The van der Waals surface area contributed by atoms with E-state index in [9.17, 15) is 18.8 Å². The van der Waals surface area contributed by atoms with Crippen LogP contribution in [-0.4, -0.2) is 23.4 Å². The van der Waals surface area contributed by atoms with E-state index in [1.807, 2.05) is 0 Å². The Labute approximate surface area is 171 Å². The second kappa shape index (κ2) is 7.94. The molecule has 0 aliphatic heterocycles. The topological polar surface area (TPSA) is 77.4 Å². The molecule has 0 atom stereocenters. The lowest BCUT2D eigenvalue weighted by Crippen LogP contribution is -2.33. The summed E-state index contributed by atoms with van der Waals surface area (Å²) in [6.07, 6.45) is 1.48. The van der Waals surface area contributed by atoms with Crippen LogP contribution in [0.4, 0.5) is 10.1 Å². The number of rotatable bonds is 4. The standard InChI is InChI=1S/C23H19FN2O4/c1-30-17-5-2-4-15(12-17)25-22(28)19-13-18-20(6-3-7-21(18)27)26(23(19)29)16-10-8-14(24)9-11-16/h2,4-5,8-13H,3,6-7H2,1H3,(H,25,28). The Morgan fingerprint density at radius 3 is 2.57 bits per heavy atom. The summed E-state index contributed by atoms with van der Waals surface area (Å²) in [5.74, 6) is -0.645. The molecule has 1 heterocycles. The molecule has 0 bridgehead atoms. The number of ether oxygens (including phenoxy) is 1. The van der Waals surface area contributed by atoms with E-state index in [0.717, 1.165) is 0 Å². The highest BCUT2D eigenvalue weighted by atomic mass is 19.1. The van der Waals surface area contributed by atoms with E-state index in [1.54, 1.807) is 24.3 Å². The number of carbonyl (C=O) groups is 2. The molecule has 30 heavy (non-hydrogen) atoms. The van der Waals surface area contributed by atoms with E-state index in [2.05, 4.69) is 5.32 Å². The lowest BCUT2D eigenvalue weighted by atomic mass is 9.92. The molecule has 1 amide bonds. The van der Waals surface area contributed by atoms with Crippen LogP contribution in [0.2, 0.25) is 0 Å². The van der Waals surface area contributed by atoms with Gasteiger partial charge in [-0.3, -0.25) is 19.0 Å². The number of aromatic nitrogens is 1. The van der Waals surface area contributed by atoms with Crippen molar-refractivity contribution >= 4 is 17.4 Å². The number of benzene rings is 2. The lowest BCUT2D eigenvalue weighted by molar-refractivity contribution is 0.0971. The zero-order valence-electron chi connectivity index (χ0n) is 16.3. The van der Waals surface area contributed by atoms with Crippen LogP contribution < -0.4 is 15.6 Å². The molecule has 1 aliphatic rings. The summed E-state index contributed by atoms with van der Waals surface area (Å²) < 4.78 is 19.9. The molecule has 0 spiro atoms. The maximum atomic E-state index is 13.4. The monoisotopic (exact) mass is 406 g/mol. The summed E-state index contributed by atoms with van der Waals surface area (Å²) in [6.45, 7) is 0. The summed E-state index contributed by atoms with van der Waals surface area (Å²) in [5.41, 5.74) is 1.04. The van der Waals surface area contributed by atoms with Gasteiger partial charge in [0, 0.05) is 35.1 Å². The first-order valence-electron chi connectivity index (χ1n) is 9.51. The van der Waals surface area contributed by atoms with Gasteiger partial charge in [-0.05, 0) is 55.3 Å². The molecule has 1 aromatic heterocycles. The fraction of sp³-hybridized carbons (Fsp3) is 0.174. The van der Waals surface area contributed by atoms with Crippen LogP contribution in [0.3, 0.4) is 0 Å². The third-order valence-corrected chi connectivity index (χ3v) is 5.08. The molecule has 7 heteroatoms. The van der Waals surface area contributed by atoms with Gasteiger partial charge < -0.3 is 10.1 Å². The minimum Gasteiger partial charge on any atom is -0.497 e. The molecule has 1 N–H and O–H groups in total. The summed E-state index contributed by atoms with van der Waals surface area (Å²) >= 11 is 0. The highest BCUT2D eigenvalue weighted by molar-refractivity contribution is 6.06. The number of nitrogens with one attached hydrogen (secondary N) is 1. The van der Waals surface area contributed by atoms with Gasteiger partial charge in [-0.2, -0.15) is 0 Å². The van der Waals surface area contributed by atoms with Crippen molar-refractivity contribution < 1.29 is 18.7 Å². The number of anilines is 1. The number of fused-ring (bicyclic) bond motifs is 1. The molecule has 0 saturated heterocycles. The van der Waals surface area contributed by atoms with Crippen LogP contribution in [0.25, 0.3) is 5.69 Å². The predicted molar refractivity (Wildman–Crippen MR) is 110 cm³/mol. The van der Waals surface area contributed by atoms with Crippen LogP contribution in [0.1, 0.15) is 39.3 Å². The van der Waals surface area contributed by atoms with Gasteiger partial charge in [0.05, 0.1) is 7.11 Å². The number of amides is 1. The van der Waals surface area contributed by atoms with E-state index >= 15 is 0 Å². The zero-order chi connectivity index (χ0) is 21.3. The maximum Gasteiger partial charge on any atom is 0.268 e. The van der Waals surface area contributed by atoms with Crippen LogP contribution in [0.15, 0.2) is 59.4 Å². The summed E-state index contributed by atoms with van der Waals surface area (Å²) in [5, 5.41) is 2.68. The number of pyridine rings is 1. The van der Waals surface area contributed by atoms with Crippen molar-refractivity contribution in [1.29, 1.82) is 0 Å². The number of ketones is 1. The van der Waals surface area contributed by atoms with Crippen LogP contribution >= 0.6 is 0 Å². The number of halogens is 1. The van der Waals surface area contributed by atoms with Crippen molar-refractivity contribution in [3.8, 4) is 11.4 Å². The smallest absolute Gasteiger partial charge is 0.268 e. The minimum absolute atomic E-state index is 0.123. The van der Waals surface area contributed by atoms with Gasteiger partial charge >= 0.3 is 0 Å². The first kappa shape index (κ1) is 19.6. The van der Waals surface area contributed by atoms with Crippen LogP contribution in [0, 0.1) is 5.82 Å². The molecule has 1 aliphatic carbocycles. The van der Waals surface area contributed by atoms with E-state index < -0.39 is 17.3 Å². The SMILES string of the molecule is COc1cccc(NC(=O)c2cc3c(n(-c4ccc(F)cc4)c2=O)CCCC3=O)c1. The quantitative estimate of drug-likeness (QED) is 0.716. The van der Waals surface area contributed by atoms with Crippen molar-refractivity contribution in [2.24, 2.45) is 0 Å². The fourth-order valence-corrected chi connectivity index (χ4v) is 3.62. The number of carbonyl (C=O) groups excluding carboxylic acids is 2. The number of Topliss-reactive ketones (excluding diaryl/α,β-unsaturated/α-hetero) is 1. The zero-order valence-corrected chi connectivity index (χ0v) is 16.3. The first-order valence-corrected chi connectivity index (χ1v) is 9.51. The van der Waals surface area contributed by atoms with Gasteiger partial charge in [0.15, 0.2) is 5.78 Å². The van der Waals surface area contributed by atoms with Crippen LogP contribution in [-0.2, 0) is 6.42 Å². The van der Waals surface area contributed by atoms with Gasteiger partial charge in [0.25, 0.3) is 11.5 Å². The Morgan fingerprint density at radius 1 is 1.07 bits per heavy atom. The highest BCUT2D eigenvalue weighted by Gasteiger charge is 2.26. The fourth-order valence-electron chi connectivity index (χ4n) is 3.62. The molecule has 0 unspecified atom stereocenters. The predicted octanol–water partition coefficient (Wildman–Crippen LogP) is 3.76. The van der Waals surface area contributed by atoms with Gasteiger partial charge in [0.1, 0.15) is 17.1 Å². The Kier molecular flexibility index (Phi) is 5.18. The molecule has 4 rings (SSSR count). The van der Waals surface area contributed by atoms with Crippen molar-refractivity contribution in [3.05, 3.63) is 87.6 Å². The molecule has 2 aromatic carbocycles. The van der Waals surface area contributed by atoms with Crippen LogP contribution in [0.5, 0.6) is 5.75 Å². The van der Waals surface area contributed by atoms with E-state index in [0.29, 0.717) is 47.6 Å². The van der Waals surface area contributed by atoms with Crippen molar-refractivity contribution in [2.75, 3.05) is 12.4 Å². The van der Waals surface area contributed by atoms with Crippen molar-refractivity contribution in [1.82, 2.24) is 4.57 Å². The Balaban J connectivity index is 1.84. The molecule has 0 radical (unpaired) electrons. The molecular formula is C23H19FN2O4. The van der Waals surface area contributed by atoms with Gasteiger partial charge in [-0.15, -0.1) is 0 Å².